The number of aliphatic hydroxyl groups excluding tert-OH is 18. The molecule has 6 rings (SSSR count). The average molecular weight is 2070 g/mol. The molecule has 3 aliphatic heterocycles. The van der Waals surface area contributed by atoms with E-state index in [9.17, 15) is 136 Å². The van der Waals surface area contributed by atoms with Crippen LogP contribution in [0.2, 0.25) is 0 Å². The molecule has 145 heavy (non-hydrogen) atoms. The number of amides is 1. The second kappa shape index (κ2) is 57.6. The first-order valence-corrected chi connectivity index (χ1v) is 48.4. The lowest BCUT2D eigenvalue weighted by Crippen LogP contribution is -2.49. The first kappa shape index (κ1) is 119. The minimum atomic E-state index is -2.38. The molecule has 3 aromatic rings. The van der Waals surface area contributed by atoms with Crippen LogP contribution in [0, 0.1) is 23.7 Å². The SMILES string of the molecule is C/C=C(\N=C(O)[C@@H]1CCCN1C(=O)[C@@H](N)Cc1cnc[nH]1)C(O)=N[C@@H](Cc1cnc[nH]1)C(O)=N[C@H]1C(O)=N[C@@H](C(C)C)C(O)=N[C@@H](C)C(O)=N[C@@H]2C(O)=N[C@@H](CC(=O)O)C(O)=N[C@@H](CC(=O)O)C(O)=N[C@@H](CCC(=O)O)C(O)=NCC(O)=N[C@@H](Cc3cnc[nH]3)C(O)=N[C@@H](CC(C)C)C(O)=N[C@@H](CS[C@H]1C)C(O)=NC(=C\C)/C(O)=N/C(=C\C)C(O)=N[C@@H]([C@@H](C)CC)C(O)=N[C@@H]([C@@H](C)CC)C(O)=N[C@H](C(=O)O)CS[C@@H]2C. The molecule has 0 spiro atoms. The number of aliphatic imine (C=N–C) groups is 18. The molecule has 2 bridgehead atoms. The van der Waals surface area contributed by atoms with Crippen molar-refractivity contribution in [2.45, 2.75) is 281 Å². The molecule has 6 heterocycles. The second-order valence-corrected chi connectivity index (χ2v) is 37.6. The number of nitrogens with one attached hydrogen (secondary N) is 3. The van der Waals surface area contributed by atoms with Crippen molar-refractivity contribution in [1.82, 2.24) is 34.8 Å². The summed E-state index contributed by atoms with van der Waals surface area (Å²) >= 11 is 1.28. The van der Waals surface area contributed by atoms with E-state index in [-0.39, 0.29) is 50.0 Å². The van der Waals surface area contributed by atoms with Crippen LogP contribution in [0.3, 0.4) is 0 Å². The molecule has 0 unspecified atom stereocenters. The van der Waals surface area contributed by atoms with Gasteiger partial charge in [0.25, 0.3) is 0 Å². The van der Waals surface area contributed by atoms with E-state index < -0.39 is 340 Å². The number of aliphatic carboxylic acids is 4. The highest BCUT2D eigenvalue weighted by atomic mass is 32.2. The van der Waals surface area contributed by atoms with Gasteiger partial charge in [0, 0.05) is 89.9 Å². The minimum Gasteiger partial charge on any atom is -0.495 e. The van der Waals surface area contributed by atoms with Gasteiger partial charge in [-0.2, -0.15) is 23.5 Å². The number of aromatic amines is 3. The van der Waals surface area contributed by atoms with Crippen molar-refractivity contribution in [3.8, 4) is 0 Å². The number of nitrogens with two attached hydrogens (primary N) is 1. The highest BCUT2D eigenvalue weighted by Gasteiger charge is 2.40. The number of imidazole rings is 3. The summed E-state index contributed by atoms with van der Waals surface area (Å²) in [6.07, 6.45) is 7.12. The quantitative estimate of drug-likeness (QED) is 0.0183. The standard InChI is InChI=1S/C90H132N26O27S2/c1-15-42(10)68-85(137)110-61(90(142)143)36-145-45(13)70-87(139)108-59(30-66(122)123)80(132)107-58(29-65(120)121)79(131)104-54(22-23-64(118)119)73(125)95-34-63(117)100-56(27-48-32-93-38-97-48)78(130)105-55(25-40(6)7)77(129)109-60(82(134)102-51(17-3)74(126)101-53(19-5)76(128)112-69(43(11)16-2)86(138)113-68)35-144-46(14)71(88(140)111-67(41(8)9)84(136)99-44(12)72(124)114-70)115-81(133)57(28-49-33-94-39-98-49)106-75(127)52(18-4)103-83(135)62-21-20-24-116(62)89(141)50(91)26-47-31-92-37-96-47/h17-19,31-33,37-46,50,54-62,67-71H,15-16,20-30,34-36,91H2,1-14H3,(H,92,96)(H,93,97)(H,94,98)(H,95,125)(H,99,136)(H,100,117)(H,101,126)(H,102,134)(H,103,135)(H,104,131)(H,105,130)(H,106,127)(H,107,132)(H,108,139)(H,109,129)(H,110,137)(H,111,140)(H,112,128)(H,113,138)(H,114,124)(H,115,133)(H,118,119)(H,120,121)(H,122,123)(H,142,143)/b51-17-,52-18-,53-19-/t42-,43-,44-,45+,46-,50-,54-,55-,56-,57-,58-,59-,60-,61-,62-,67-,68-,69-,70-,71+/m0/s1. The van der Waals surface area contributed by atoms with Gasteiger partial charge in [0.15, 0.2) is 6.04 Å². The summed E-state index contributed by atoms with van der Waals surface area (Å²) in [7, 11) is 0. The van der Waals surface area contributed by atoms with E-state index in [2.05, 4.69) is 120 Å². The van der Waals surface area contributed by atoms with Crippen molar-refractivity contribution in [1.29, 1.82) is 0 Å². The van der Waals surface area contributed by atoms with Gasteiger partial charge in [-0.15, -0.1) is 0 Å². The van der Waals surface area contributed by atoms with Crippen molar-refractivity contribution >= 4 is 159 Å². The highest BCUT2D eigenvalue weighted by Crippen LogP contribution is 2.30. The van der Waals surface area contributed by atoms with Crippen molar-refractivity contribution < 1.29 is 136 Å². The first-order chi connectivity index (χ1) is 68.4. The summed E-state index contributed by atoms with van der Waals surface area (Å²) in [4.78, 5) is 163. The Balaban J connectivity index is 1.84. The van der Waals surface area contributed by atoms with Crippen LogP contribution in [0.5, 0.6) is 0 Å². The number of aliphatic hydroxyl groups is 18. The van der Waals surface area contributed by atoms with Gasteiger partial charge in [-0.1, -0.05) is 100 Å². The topological polar surface area (TPSA) is 868 Å². The molecule has 3 aliphatic rings. The molecule has 0 aliphatic carbocycles. The number of carboxylic acid groups (broad SMARTS) is 4. The van der Waals surface area contributed by atoms with E-state index in [1.807, 2.05) is 0 Å². The Morgan fingerprint density at radius 1 is 0.531 bits per heavy atom. The summed E-state index contributed by atoms with van der Waals surface area (Å²) in [6.45, 7) is 19.7. The molecular formula is C90H132N26O27S2. The minimum absolute atomic E-state index is 0.0596. The number of carboxylic acids is 4. The Kier molecular flexibility index (Phi) is 47.3. The van der Waals surface area contributed by atoms with Gasteiger partial charge in [0.05, 0.1) is 37.9 Å². The fourth-order valence-electron chi connectivity index (χ4n) is 14.2. The third kappa shape index (κ3) is 36.9. The molecule has 0 aromatic carbocycles. The predicted molar refractivity (Wildman–Crippen MR) is 552 cm³/mol. The van der Waals surface area contributed by atoms with Crippen LogP contribution < -0.4 is 5.73 Å². The average Bonchev–Trinajstić information content (AvgIpc) is 1.48. The van der Waals surface area contributed by atoms with Crippen LogP contribution in [0.25, 0.3) is 0 Å². The molecule has 796 valence electrons. The van der Waals surface area contributed by atoms with E-state index in [4.69, 9.17) is 5.73 Å². The normalized spacial score (nSPS) is 26.9. The summed E-state index contributed by atoms with van der Waals surface area (Å²) in [5.41, 5.74) is 5.84. The smallest absolute Gasteiger partial charge is 0.329 e. The van der Waals surface area contributed by atoms with Crippen LogP contribution >= 0.6 is 23.5 Å². The number of fused-ring (bicyclic) bond motifs is 10. The van der Waals surface area contributed by atoms with Gasteiger partial charge in [-0.25, -0.2) is 110 Å². The number of H-pyrrole nitrogens is 3. The van der Waals surface area contributed by atoms with Crippen molar-refractivity contribution in [3.63, 3.8) is 0 Å². The maximum Gasteiger partial charge on any atom is 0.329 e. The van der Waals surface area contributed by atoms with E-state index in [1.54, 1.807) is 41.5 Å². The second-order valence-electron chi connectivity index (χ2n) is 34.7. The van der Waals surface area contributed by atoms with Gasteiger partial charge < -0.3 is 138 Å². The van der Waals surface area contributed by atoms with Crippen molar-refractivity contribution in [2.75, 3.05) is 24.6 Å². The lowest BCUT2D eigenvalue weighted by molar-refractivity contribution is -0.138. The summed E-state index contributed by atoms with van der Waals surface area (Å²) in [5.74, 6) is -31.2. The maximum absolute atomic E-state index is 13.9. The highest BCUT2D eigenvalue weighted by molar-refractivity contribution is 8.00. The first-order valence-electron chi connectivity index (χ1n) is 46.3. The number of thioether (sulfide) groups is 2. The zero-order valence-corrected chi connectivity index (χ0v) is 84.0. The molecule has 20 atom stereocenters. The number of hydrogen-bond acceptors (Lipinski definition) is 29. The van der Waals surface area contributed by atoms with Crippen LogP contribution in [-0.4, -0.2) is 415 Å². The number of likely N-dealkylation sites (tertiary alicyclic amines) is 1. The lowest BCUT2D eigenvalue weighted by atomic mass is 9.97. The zero-order valence-electron chi connectivity index (χ0n) is 82.3. The fourth-order valence-corrected chi connectivity index (χ4v) is 16.3. The number of rotatable bonds is 28. The molecule has 55 heteroatoms. The Morgan fingerprint density at radius 2 is 1.06 bits per heavy atom. The number of aromatic nitrogens is 6. The molecule has 1 saturated heterocycles. The number of allylic oxidation sites excluding steroid dienone is 3. The largest absolute Gasteiger partial charge is 0.495 e. The van der Waals surface area contributed by atoms with E-state index in [0.29, 0.717) is 35.6 Å². The Labute approximate surface area is 841 Å². The summed E-state index contributed by atoms with van der Waals surface area (Å²) in [6, 6.07) is -28.8. The number of carbonyl (C=O) groups excluding carboxylic acids is 1. The third-order valence-corrected chi connectivity index (χ3v) is 25.3. The van der Waals surface area contributed by atoms with Crippen LogP contribution in [0.1, 0.15) is 172 Å². The number of nitrogens with zero attached hydrogens (tertiary/aromatic N) is 22. The molecule has 1 fully saturated rings. The van der Waals surface area contributed by atoms with Crippen LogP contribution in [0.15, 0.2) is 163 Å². The summed E-state index contributed by atoms with van der Waals surface area (Å²) in [5, 5.41) is 258. The van der Waals surface area contributed by atoms with Crippen LogP contribution in [-0.2, 0) is 43.2 Å². The molecule has 0 radical (unpaired) electrons. The fraction of sp³-hybridized carbons (Fsp3) is 0.578. The monoisotopic (exact) mass is 2070 g/mol. The number of hydrogen-bond donors (Lipinski definition) is 26. The summed E-state index contributed by atoms with van der Waals surface area (Å²) < 4.78 is 0. The van der Waals surface area contributed by atoms with Crippen LogP contribution in [0.4, 0.5) is 0 Å². The maximum atomic E-state index is 13.9. The molecule has 3 aromatic heterocycles. The third-order valence-electron chi connectivity index (χ3n) is 22.7. The zero-order chi connectivity index (χ0) is 108. The molecule has 0 saturated carbocycles. The van der Waals surface area contributed by atoms with Gasteiger partial charge in [-0.05, 0) is 77.0 Å². The molecular weight excluding hydrogens is 1940 g/mol. The van der Waals surface area contributed by atoms with E-state index in [0.717, 1.165) is 13.0 Å². The Hall–Kier alpha value is -14.7. The van der Waals surface area contributed by atoms with Gasteiger partial charge >= 0.3 is 23.9 Å². The predicted octanol–water partition coefficient (Wildman–Crippen LogP) is 9.27. The number of carbonyl (C=O) groups is 5. The Bertz CT molecular complexity index is 5560. The van der Waals surface area contributed by atoms with Crippen molar-refractivity contribution in [2.24, 2.45) is 119 Å². The van der Waals surface area contributed by atoms with Crippen molar-refractivity contribution in [3.05, 3.63) is 90.0 Å². The van der Waals surface area contributed by atoms with Gasteiger partial charge in [0.2, 0.25) is 112 Å². The molecule has 53 nitrogen and oxygen atoms in total. The lowest BCUT2D eigenvalue weighted by Gasteiger charge is -2.26. The van der Waals surface area contributed by atoms with Gasteiger partial charge in [0.1, 0.15) is 108 Å². The van der Waals surface area contributed by atoms with Gasteiger partial charge in [-0.3, -0.25) is 19.2 Å². The van der Waals surface area contributed by atoms with E-state index in [1.165, 1.54) is 103 Å². The van der Waals surface area contributed by atoms with E-state index >= 15 is 0 Å². The molecule has 27 N–H and O–H groups in total. The Morgan fingerprint density at radius 3 is 1.60 bits per heavy atom. The molecule has 1 amide bonds.